The van der Waals surface area contributed by atoms with Crippen molar-refractivity contribution in [1.82, 2.24) is 0 Å². The van der Waals surface area contributed by atoms with Crippen LogP contribution in [0.25, 0.3) is 0 Å². The molecule has 0 saturated heterocycles. The standard InChI is InChI=1S/Al.Co.Fe.Ni.2H2O.V.Zn.3H/h;;;;2*1H2;;;;;. The van der Waals surface area contributed by atoms with Crippen LogP contribution in [0.3, 0.4) is 0 Å². The summed E-state index contributed by atoms with van der Waals surface area (Å²) in [6.45, 7) is 0. The first-order valence-corrected chi connectivity index (χ1v) is 0. The van der Waals surface area contributed by atoms with Crippen molar-refractivity contribution in [2.45, 2.75) is 0 Å². The molecule has 2 nitrogen and oxygen atoms in total. The molecule has 8 heteroatoms. The molecular weight excluding hydrogens is 349 g/mol. The average molecular weight is 356 g/mol. The quantitative estimate of drug-likeness (QED) is 0.420. The largest absolute Gasteiger partial charge is 0.412 e. The third-order valence-corrected chi connectivity index (χ3v) is 0. The van der Waals surface area contributed by atoms with Crippen LogP contribution in [-0.4, -0.2) is 28.3 Å². The van der Waals surface area contributed by atoms with Gasteiger partial charge < -0.3 is 11.0 Å². The van der Waals surface area contributed by atoms with Gasteiger partial charge in [0.15, 0.2) is 17.4 Å². The van der Waals surface area contributed by atoms with E-state index in [1.807, 2.05) is 0 Å². The molecule has 0 aliphatic heterocycles. The smallest absolute Gasteiger partial charge is 0.187 e. The fourth-order valence-corrected chi connectivity index (χ4v) is 0. The molecule has 0 heterocycles. The van der Waals surface area contributed by atoms with Crippen LogP contribution in [0.5, 0.6) is 0 Å². The predicted octanol–water partition coefficient (Wildman–Crippen LogP) is -2.85. The topological polar surface area (TPSA) is 63.0 Å². The maximum absolute atomic E-state index is 0. The zero-order valence-corrected chi connectivity index (χ0v) is 10.7. The van der Waals surface area contributed by atoms with E-state index in [2.05, 4.69) is 0 Å². The molecule has 0 amide bonds. The second-order valence-electron chi connectivity index (χ2n) is 0. The van der Waals surface area contributed by atoms with Gasteiger partial charge >= 0.3 is 0 Å². The molecule has 0 atom stereocenters. The Morgan fingerprint density at radius 1 is 0.875 bits per heavy atom. The van der Waals surface area contributed by atoms with Crippen LogP contribution in [0.15, 0.2) is 0 Å². The van der Waals surface area contributed by atoms with Gasteiger partial charge in [0.25, 0.3) is 0 Å². The second kappa shape index (κ2) is 84.8. The Kier molecular flexibility index (Phi) is 1220. The Bertz CT molecular complexity index is 22.0. The van der Waals surface area contributed by atoms with E-state index in [4.69, 9.17) is 0 Å². The van der Waals surface area contributed by atoms with Crippen molar-refractivity contribution in [2.24, 2.45) is 0 Å². The molecule has 0 rings (SSSR count). The van der Waals surface area contributed by atoms with E-state index in [1.165, 1.54) is 0 Å². The van der Waals surface area contributed by atoms with Gasteiger partial charge in [-0.2, -0.15) is 0 Å². The summed E-state index contributed by atoms with van der Waals surface area (Å²) in [5.74, 6) is 0. The minimum atomic E-state index is 0. The van der Waals surface area contributed by atoms with E-state index in [-0.39, 0.29) is 117 Å². The molecule has 0 bridgehead atoms. The zero-order chi connectivity index (χ0) is 0. The Morgan fingerprint density at radius 3 is 0.875 bits per heavy atom. The molecular formula is H7AlCoFeNiO2VZn. The van der Waals surface area contributed by atoms with Crippen molar-refractivity contribution < 1.29 is 99.3 Å². The third-order valence-electron chi connectivity index (χ3n) is 0. The van der Waals surface area contributed by atoms with Gasteiger partial charge in [-0.3, -0.25) is 0 Å². The monoisotopic (exact) mass is 354 g/mol. The Hall–Kier alpha value is 3.18. The van der Waals surface area contributed by atoms with Crippen LogP contribution >= 0.6 is 0 Å². The third kappa shape index (κ3) is 60.7. The minimum Gasteiger partial charge on any atom is -0.412 e. The molecule has 4 N–H and O–H groups in total. The number of rotatable bonds is 0. The summed E-state index contributed by atoms with van der Waals surface area (Å²) in [7, 11) is 0. The first-order chi connectivity index (χ1) is 0. The SMILES string of the molecule is O.O.[AlH3].[Co].[Fe].[Ni].[V].[Zn]. The Labute approximate surface area is 115 Å². The Morgan fingerprint density at radius 2 is 0.875 bits per heavy atom. The van der Waals surface area contributed by atoms with Crippen LogP contribution in [0.2, 0.25) is 0 Å². The molecule has 8 heavy (non-hydrogen) atoms. The summed E-state index contributed by atoms with van der Waals surface area (Å²) in [4.78, 5) is 0. The zero-order valence-electron chi connectivity index (χ0n) is 3.16. The summed E-state index contributed by atoms with van der Waals surface area (Å²) in [6, 6.07) is 0. The van der Waals surface area contributed by atoms with Gasteiger partial charge in [0, 0.05) is 88.4 Å². The molecule has 2 radical (unpaired) electrons. The average Bonchev–Trinajstić information content (AvgIpc) is 0. The molecule has 56 valence electrons. The van der Waals surface area contributed by atoms with E-state index in [0.717, 1.165) is 0 Å². The van der Waals surface area contributed by atoms with Gasteiger partial charge in [0.1, 0.15) is 0 Å². The van der Waals surface area contributed by atoms with Crippen molar-refractivity contribution in [3.8, 4) is 0 Å². The Balaban J connectivity index is 0. The first-order valence-electron chi connectivity index (χ1n) is 0. The summed E-state index contributed by atoms with van der Waals surface area (Å²) >= 11 is 0. The number of hydrogen-bond acceptors (Lipinski definition) is 0. The molecule has 0 spiro atoms. The molecule has 0 aromatic carbocycles. The van der Waals surface area contributed by atoms with Crippen LogP contribution in [0.4, 0.5) is 0 Å². The van der Waals surface area contributed by atoms with Crippen molar-refractivity contribution in [3.05, 3.63) is 0 Å². The van der Waals surface area contributed by atoms with Crippen LogP contribution in [0, 0.1) is 0 Å². The predicted molar refractivity (Wildman–Crippen MR) is 17.2 cm³/mol. The molecule has 0 saturated carbocycles. The van der Waals surface area contributed by atoms with E-state index < -0.39 is 0 Å². The first kappa shape index (κ1) is 115. The second-order valence-corrected chi connectivity index (χ2v) is 0. The van der Waals surface area contributed by atoms with E-state index in [1.54, 1.807) is 0 Å². The van der Waals surface area contributed by atoms with Crippen molar-refractivity contribution in [1.29, 1.82) is 0 Å². The van der Waals surface area contributed by atoms with Gasteiger partial charge in [0.05, 0.1) is 0 Å². The van der Waals surface area contributed by atoms with Crippen LogP contribution in [-0.2, 0) is 88.4 Å². The van der Waals surface area contributed by atoms with Crippen LogP contribution < -0.4 is 0 Å². The van der Waals surface area contributed by atoms with E-state index in [0.29, 0.717) is 0 Å². The summed E-state index contributed by atoms with van der Waals surface area (Å²) in [5, 5.41) is 0. The maximum atomic E-state index is 0. The van der Waals surface area contributed by atoms with Gasteiger partial charge in [-0.1, -0.05) is 0 Å². The summed E-state index contributed by atoms with van der Waals surface area (Å²) in [6.07, 6.45) is 0. The molecule has 0 aromatic heterocycles. The molecule has 0 aromatic rings. The van der Waals surface area contributed by atoms with E-state index >= 15 is 0 Å². The molecule has 0 aliphatic rings. The van der Waals surface area contributed by atoms with Crippen molar-refractivity contribution in [2.75, 3.05) is 0 Å². The summed E-state index contributed by atoms with van der Waals surface area (Å²) in [5.41, 5.74) is 0. The van der Waals surface area contributed by atoms with Crippen molar-refractivity contribution >= 4 is 17.4 Å². The number of hydrogen-bond donors (Lipinski definition) is 0. The summed E-state index contributed by atoms with van der Waals surface area (Å²) < 4.78 is 0. The van der Waals surface area contributed by atoms with Gasteiger partial charge in [-0.15, -0.1) is 0 Å². The van der Waals surface area contributed by atoms with Crippen LogP contribution in [0.1, 0.15) is 0 Å². The van der Waals surface area contributed by atoms with Crippen molar-refractivity contribution in [3.63, 3.8) is 0 Å². The molecule has 0 aliphatic carbocycles. The van der Waals surface area contributed by atoms with Gasteiger partial charge in [-0.05, 0) is 0 Å². The van der Waals surface area contributed by atoms with E-state index in [9.17, 15) is 0 Å². The fraction of sp³-hybridized carbons (Fsp3) is 0. The van der Waals surface area contributed by atoms with Gasteiger partial charge in [0.2, 0.25) is 0 Å². The minimum absolute atomic E-state index is 0. The fourth-order valence-electron chi connectivity index (χ4n) is 0. The van der Waals surface area contributed by atoms with Gasteiger partial charge in [-0.25, -0.2) is 0 Å². The normalized spacial score (nSPS) is 0. The molecule has 0 fully saturated rings. The molecule has 0 unspecified atom stereocenters. The maximum Gasteiger partial charge on any atom is 0.187 e.